The van der Waals surface area contributed by atoms with E-state index in [1.54, 1.807) is 6.07 Å². The predicted octanol–water partition coefficient (Wildman–Crippen LogP) is 7.00. The Hall–Kier alpha value is -3.67. The monoisotopic (exact) mass is 515 g/mol. The Bertz CT molecular complexity index is 1240. The zero-order valence-corrected chi connectivity index (χ0v) is 22.6. The van der Waals surface area contributed by atoms with Gasteiger partial charge in [0.2, 0.25) is 5.91 Å². The Labute approximate surface area is 225 Å². The van der Waals surface area contributed by atoms with Gasteiger partial charge in [0.05, 0.1) is 5.92 Å². The summed E-state index contributed by atoms with van der Waals surface area (Å²) in [6.45, 7) is 2.53. The van der Waals surface area contributed by atoms with Gasteiger partial charge in [-0.3, -0.25) is 9.59 Å². The lowest BCUT2D eigenvalue weighted by molar-refractivity contribution is -0.136. The van der Waals surface area contributed by atoms with Crippen LogP contribution in [0.15, 0.2) is 72.8 Å². The zero-order valence-electron chi connectivity index (χ0n) is 22.6. The Balaban J connectivity index is 1.65. The number of halogens is 1. The van der Waals surface area contributed by atoms with Crippen molar-refractivity contribution in [3.63, 3.8) is 0 Å². The molecule has 0 heterocycles. The van der Waals surface area contributed by atoms with E-state index in [4.69, 9.17) is 0 Å². The molecule has 1 atom stereocenters. The van der Waals surface area contributed by atoms with Crippen LogP contribution in [0, 0.1) is 5.82 Å². The summed E-state index contributed by atoms with van der Waals surface area (Å²) < 4.78 is 13.7. The molecule has 0 aliphatic heterocycles. The van der Waals surface area contributed by atoms with E-state index in [1.807, 2.05) is 67.5 Å². The van der Waals surface area contributed by atoms with Crippen molar-refractivity contribution >= 4 is 23.2 Å². The van der Waals surface area contributed by atoms with Crippen LogP contribution < -0.4 is 10.2 Å². The van der Waals surface area contributed by atoms with Gasteiger partial charge in [-0.2, -0.15) is 0 Å². The summed E-state index contributed by atoms with van der Waals surface area (Å²) in [5, 5.41) is 2.91. The molecule has 2 amide bonds. The third-order valence-electron chi connectivity index (χ3n) is 7.45. The van der Waals surface area contributed by atoms with Crippen molar-refractivity contribution in [2.45, 2.75) is 64.0 Å². The molecular formula is C32H38FN3O2. The second-order valence-corrected chi connectivity index (χ2v) is 10.3. The highest BCUT2D eigenvalue weighted by Crippen LogP contribution is 2.32. The lowest BCUT2D eigenvalue weighted by atomic mass is 9.90. The summed E-state index contributed by atoms with van der Waals surface area (Å²) in [5.74, 6) is -0.864. The summed E-state index contributed by atoms with van der Waals surface area (Å²) in [6.07, 6.45) is 6.20. The van der Waals surface area contributed by atoms with E-state index in [-0.39, 0.29) is 29.3 Å². The molecule has 1 N–H and O–H groups in total. The second-order valence-electron chi connectivity index (χ2n) is 10.3. The maximum atomic E-state index is 14.1. The highest BCUT2D eigenvalue weighted by Gasteiger charge is 2.31. The lowest BCUT2D eigenvalue weighted by Gasteiger charge is -2.37. The standard InChI is InChI=1S/C32H38FN3O2/c1-4-29(23-12-7-5-8-13-23)32(38)36(28-16-9-6-10-17-28)22-25-21-27(18-19-30(25)35(2)3)34-31(37)24-14-11-15-26(33)20-24/h5,7-8,11-15,18-21,28-29H,4,6,9-10,16-17,22H2,1-3H3,(H,34,37). The third-order valence-corrected chi connectivity index (χ3v) is 7.45. The fourth-order valence-electron chi connectivity index (χ4n) is 5.46. The highest BCUT2D eigenvalue weighted by molar-refractivity contribution is 6.04. The van der Waals surface area contributed by atoms with E-state index in [1.165, 1.54) is 24.6 Å². The van der Waals surface area contributed by atoms with Crippen molar-refractivity contribution in [1.29, 1.82) is 0 Å². The summed E-state index contributed by atoms with van der Waals surface area (Å²) >= 11 is 0. The normalized spacial score (nSPS) is 14.5. The topological polar surface area (TPSA) is 52.7 Å². The molecule has 38 heavy (non-hydrogen) atoms. The summed E-state index contributed by atoms with van der Waals surface area (Å²) in [6, 6.07) is 21.6. The van der Waals surface area contributed by atoms with Crippen LogP contribution in [0.25, 0.3) is 0 Å². The van der Waals surface area contributed by atoms with Gasteiger partial charge in [-0.1, -0.05) is 62.6 Å². The smallest absolute Gasteiger partial charge is 0.255 e. The van der Waals surface area contributed by atoms with Gasteiger partial charge in [0.25, 0.3) is 5.91 Å². The molecule has 1 fully saturated rings. The molecule has 0 saturated heterocycles. The average molecular weight is 516 g/mol. The molecule has 5 nitrogen and oxygen atoms in total. The van der Waals surface area contributed by atoms with Crippen LogP contribution in [0.2, 0.25) is 0 Å². The van der Waals surface area contributed by atoms with Crippen molar-refractivity contribution < 1.29 is 14.0 Å². The number of carbonyl (C=O) groups is 2. The van der Waals surface area contributed by atoms with E-state index in [0.717, 1.165) is 48.9 Å². The van der Waals surface area contributed by atoms with Gasteiger partial charge in [-0.25, -0.2) is 4.39 Å². The van der Waals surface area contributed by atoms with Crippen LogP contribution in [0.4, 0.5) is 15.8 Å². The van der Waals surface area contributed by atoms with Gasteiger partial charge in [-0.05, 0) is 66.8 Å². The van der Waals surface area contributed by atoms with Crippen molar-refractivity contribution in [3.05, 3.63) is 95.3 Å². The molecule has 1 saturated carbocycles. The second kappa shape index (κ2) is 12.7. The van der Waals surface area contributed by atoms with Gasteiger partial charge < -0.3 is 15.1 Å². The molecule has 200 valence electrons. The number of nitrogens with one attached hydrogen (secondary N) is 1. The zero-order chi connectivity index (χ0) is 27.1. The van der Waals surface area contributed by atoms with E-state index < -0.39 is 5.82 Å². The number of carbonyl (C=O) groups excluding carboxylic acids is 2. The minimum atomic E-state index is -0.452. The Morgan fingerprint density at radius 1 is 0.947 bits per heavy atom. The van der Waals surface area contributed by atoms with E-state index in [0.29, 0.717) is 12.2 Å². The molecule has 0 aromatic heterocycles. The fraction of sp³-hybridized carbons (Fsp3) is 0.375. The molecule has 6 heteroatoms. The number of benzene rings is 3. The number of amides is 2. The van der Waals surface area contributed by atoms with Gasteiger partial charge in [0.15, 0.2) is 0 Å². The van der Waals surface area contributed by atoms with Gasteiger partial charge in [0, 0.05) is 43.6 Å². The van der Waals surface area contributed by atoms with E-state index in [2.05, 4.69) is 17.1 Å². The first-order chi connectivity index (χ1) is 18.4. The maximum Gasteiger partial charge on any atom is 0.255 e. The van der Waals surface area contributed by atoms with Crippen molar-refractivity contribution in [2.75, 3.05) is 24.3 Å². The molecule has 4 rings (SSSR count). The molecule has 0 bridgehead atoms. The summed E-state index contributed by atoms with van der Waals surface area (Å²) in [4.78, 5) is 31.1. The first-order valence-electron chi connectivity index (χ1n) is 13.6. The van der Waals surface area contributed by atoms with E-state index in [9.17, 15) is 14.0 Å². The van der Waals surface area contributed by atoms with Crippen molar-refractivity contribution in [1.82, 2.24) is 4.90 Å². The van der Waals surface area contributed by atoms with Crippen LogP contribution in [0.1, 0.15) is 72.9 Å². The highest BCUT2D eigenvalue weighted by atomic mass is 19.1. The van der Waals surface area contributed by atoms with Crippen molar-refractivity contribution in [2.24, 2.45) is 0 Å². The molecule has 0 spiro atoms. The minimum absolute atomic E-state index is 0.157. The van der Waals surface area contributed by atoms with Gasteiger partial charge >= 0.3 is 0 Å². The SMILES string of the molecule is CCC(C(=O)N(Cc1cc(NC(=O)c2cccc(F)c2)ccc1N(C)C)C1CCCCC1)c1ccccc1. The maximum absolute atomic E-state index is 14.1. The third kappa shape index (κ3) is 6.60. The number of hydrogen-bond donors (Lipinski definition) is 1. The van der Waals surface area contributed by atoms with Crippen LogP contribution in [0.5, 0.6) is 0 Å². The molecule has 3 aromatic carbocycles. The molecule has 1 unspecified atom stereocenters. The molecular weight excluding hydrogens is 477 g/mol. The van der Waals surface area contributed by atoms with Gasteiger partial charge in [0.1, 0.15) is 5.82 Å². The van der Waals surface area contributed by atoms with Gasteiger partial charge in [-0.15, -0.1) is 0 Å². The van der Waals surface area contributed by atoms with E-state index >= 15 is 0 Å². The minimum Gasteiger partial charge on any atom is -0.377 e. The number of anilines is 2. The quantitative estimate of drug-likeness (QED) is 0.334. The largest absolute Gasteiger partial charge is 0.377 e. The fourth-order valence-corrected chi connectivity index (χ4v) is 5.46. The number of hydrogen-bond acceptors (Lipinski definition) is 3. The summed E-state index contributed by atoms with van der Waals surface area (Å²) in [7, 11) is 3.96. The van der Waals surface area contributed by atoms with Crippen LogP contribution in [-0.4, -0.2) is 36.9 Å². The first-order valence-corrected chi connectivity index (χ1v) is 13.6. The van der Waals surface area contributed by atoms with Crippen molar-refractivity contribution in [3.8, 4) is 0 Å². The molecule has 1 aliphatic carbocycles. The Kier molecular flexibility index (Phi) is 9.16. The Morgan fingerprint density at radius 2 is 1.68 bits per heavy atom. The predicted molar refractivity (Wildman–Crippen MR) is 152 cm³/mol. The number of nitrogens with zero attached hydrogens (tertiary/aromatic N) is 2. The average Bonchev–Trinajstić information content (AvgIpc) is 2.93. The van der Waals surface area contributed by atoms with Crippen LogP contribution in [0.3, 0.4) is 0 Å². The molecule has 3 aromatic rings. The van der Waals surface area contributed by atoms with Crippen LogP contribution in [-0.2, 0) is 11.3 Å². The number of rotatable bonds is 9. The lowest BCUT2D eigenvalue weighted by Crippen LogP contribution is -2.43. The molecule has 1 aliphatic rings. The Morgan fingerprint density at radius 3 is 2.34 bits per heavy atom. The summed E-state index contributed by atoms with van der Waals surface area (Å²) in [5.41, 5.74) is 3.88. The first kappa shape index (κ1) is 27.4. The van der Waals surface area contributed by atoms with Crippen LogP contribution >= 0.6 is 0 Å². The molecule has 0 radical (unpaired) electrons.